The van der Waals surface area contributed by atoms with Crippen molar-refractivity contribution in [3.05, 3.63) is 34.5 Å². The lowest BCUT2D eigenvalue weighted by Crippen LogP contribution is -2.45. The van der Waals surface area contributed by atoms with Gasteiger partial charge in [0.15, 0.2) is 0 Å². The fourth-order valence-electron chi connectivity index (χ4n) is 2.96. The molecule has 2 N–H and O–H groups in total. The molecule has 4 nitrogen and oxygen atoms in total. The molecule has 0 radical (unpaired) electrons. The number of benzene rings is 1. The molecule has 1 aliphatic rings. The van der Waals surface area contributed by atoms with Crippen LogP contribution >= 0.6 is 11.3 Å². The van der Waals surface area contributed by atoms with Crippen molar-refractivity contribution in [1.29, 1.82) is 0 Å². The van der Waals surface area contributed by atoms with E-state index in [9.17, 15) is 9.18 Å². The maximum atomic E-state index is 14.2. The number of thiophene rings is 1. The molecular formula is C16H19FN2O2S. The molecule has 118 valence electrons. The zero-order chi connectivity index (χ0) is 15.7. The van der Waals surface area contributed by atoms with E-state index < -0.39 is 0 Å². The van der Waals surface area contributed by atoms with E-state index in [1.807, 2.05) is 6.07 Å². The minimum atomic E-state index is -0.310. The van der Waals surface area contributed by atoms with E-state index in [0.29, 0.717) is 28.9 Å². The van der Waals surface area contributed by atoms with Crippen molar-refractivity contribution in [3.63, 3.8) is 0 Å². The SMILES string of the molecule is COCc1c(C(=O)N2CCCC(N)C2)sc2cccc(F)c12. The van der Waals surface area contributed by atoms with Crippen LogP contribution < -0.4 is 5.73 Å². The average molecular weight is 322 g/mol. The van der Waals surface area contributed by atoms with Crippen LogP contribution in [0.4, 0.5) is 4.39 Å². The lowest BCUT2D eigenvalue weighted by molar-refractivity contribution is 0.0709. The molecule has 1 fully saturated rings. The molecule has 0 aliphatic carbocycles. The molecule has 1 aliphatic heterocycles. The molecule has 1 atom stereocenters. The van der Waals surface area contributed by atoms with Crippen LogP contribution in [0.15, 0.2) is 18.2 Å². The molecule has 0 bridgehead atoms. The molecule has 1 aromatic carbocycles. The second-order valence-electron chi connectivity index (χ2n) is 5.61. The Morgan fingerprint density at radius 3 is 3.09 bits per heavy atom. The molecule has 0 spiro atoms. The molecule has 22 heavy (non-hydrogen) atoms. The van der Waals surface area contributed by atoms with E-state index >= 15 is 0 Å². The van der Waals surface area contributed by atoms with Gasteiger partial charge >= 0.3 is 0 Å². The predicted molar refractivity (Wildman–Crippen MR) is 85.6 cm³/mol. The second kappa shape index (κ2) is 6.32. The molecule has 2 heterocycles. The highest BCUT2D eigenvalue weighted by Crippen LogP contribution is 2.34. The van der Waals surface area contributed by atoms with E-state index in [0.717, 1.165) is 17.5 Å². The van der Waals surface area contributed by atoms with Gasteiger partial charge in [-0.05, 0) is 25.0 Å². The van der Waals surface area contributed by atoms with Crippen LogP contribution in [-0.2, 0) is 11.3 Å². The van der Waals surface area contributed by atoms with Gasteiger partial charge in [-0.25, -0.2) is 4.39 Å². The van der Waals surface area contributed by atoms with Gasteiger partial charge < -0.3 is 15.4 Å². The van der Waals surface area contributed by atoms with Crippen LogP contribution in [0.2, 0.25) is 0 Å². The largest absolute Gasteiger partial charge is 0.380 e. The van der Waals surface area contributed by atoms with Crippen LogP contribution in [0.25, 0.3) is 10.1 Å². The third kappa shape index (κ3) is 2.74. The van der Waals surface area contributed by atoms with Crippen molar-refractivity contribution in [2.75, 3.05) is 20.2 Å². The first-order chi connectivity index (χ1) is 10.6. The van der Waals surface area contributed by atoms with Gasteiger partial charge in [-0.3, -0.25) is 4.79 Å². The van der Waals surface area contributed by atoms with Crippen molar-refractivity contribution < 1.29 is 13.9 Å². The van der Waals surface area contributed by atoms with E-state index in [-0.39, 0.29) is 24.4 Å². The number of amides is 1. The summed E-state index contributed by atoms with van der Waals surface area (Å²) >= 11 is 1.33. The number of rotatable bonds is 3. The van der Waals surface area contributed by atoms with Crippen LogP contribution in [0.1, 0.15) is 28.1 Å². The number of carbonyl (C=O) groups is 1. The van der Waals surface area contributed by atoms with Gasteiger partial charge in [0, 0.05) is 41.9 Å². The first-order valence-corrected chi connectivity index (χ1v) is 8.17. The number of hydrogen-bond donors (Lipinski definition) is 1. The number of nitrogens with two attached hydrogens (primary N) is 1. The summed E-state index contributed by atoms with van der Waals surface area (Å²) in [5.41, 5.74) is 6.61. The first-order valence-electron chi connectivity index (χ1n) is 7.35. The maximum absolute atomic E-state index is 14.2. The molecule has 1 aromatic heterocycles. The van der Waals surface area contributed by atoms with E-state index in [1.165, 1.54) is 17.4 Å². The van der Waals surface area contributed by atoms with Crippen LogP contribution in [-0.4, -0.2) is 37.0 Å². The van der Waals surface area contributed by atoms with Gasteiger partial charge in [0.1, 0.15) is 5.82 Å². The number of likely N-dealkylation sites (tertiary alicyclic amines) is 1. The molecule has 6 heteroatoms. The summed E-state index contributed by atoms with van der Waals surface area (Å²) in [6, 6.07) is 4.94. The lowest BCUT2D eigenvalue weighted by atomic mass is 10.1. The maximum Gasteiger partial charge on any atom is 0.264 e. The highest BCUT2D eigenvalue weighted by atomic mass is 32.1. The number of piperidine rings is 1. The summed E-state index contributed by atoms with van der Waals surface area (Å²) in [7, 11) is 1.55. The predicted octanol–water partition coefficient (Wildman–Crippen LogP) is 2.75. The van der Waals surface area contributed by atoms with Crippen molar-refractivity contribution >= 4 is 27.3 Å². The van der Waals surface area contributed by atoms with E-state index in [2.05, 4.69) is 0 Å². The summed E-state index contributed by atoms with van der Waals surface area (Å²) in [6.45, 7) is 1.49. The molecular weight excluding hydrogens is 303 g/mol. The average Bonchev–Trinajstić information content (AvgIpc) is 2.87. The van der Waals surface area contributed by atoms with Crippen LogP contribution in [0, 0.1) is 5.82 Å². The van der Waals surface area contributed by atoms with Gasteiger partial charge in [-0.1, -0.05) is 6.07 Å². The fraction of sp³-hybridized carbons (Fsp3) is 0.438. The minimum Gasteiger partial charge on any atom is -0.380 e. The number of hydrogen-bond acceptors (Lipinski definition) is 4. The smallest absolute Gasteiger partial charge is 0.264 e. The van der Waals surface area contributed by atoms with Crippen molar-refractivity contribution in [3.8, 4) is 0 Å². The Balaban J connectivity index is 2.03. The fourth-order valence-corrected chi connectivity index (χ4v) is 4.15. The summed E-state index contributed by atoms with van der Waals surface area (Å²) in [6.07, 6.45) is 1.85. The Bertz CT molecular complexity index is 701. The number of nitrogens with zero attached hydrogens (tertiary/aromatic N) is 1. The summed E-state index contributed by atoms with van der Waals surface area (Å²) in [5.74, 6) is -0.377. The molecule has 1 amide bonds. The normalized spacial score (nSPS) is 18.9. The first kappa shape index (κ1) is 15.4. The zero-order valence-corrected chi connectivity index (χ0v) is 13.3. The quantitative estimate of drug-likeness (QED) is 0.945. The topological polar surface area (TPSA) is 55.6 Å². The Morgan fingerprint density at radius 2 is 2.36 bits per heavy atom. The van der Waals surface area contributed by atoms with E-state index in [1.54, 1.807) is 18.1 Å². The standard InChI is InChI=1S/C16H19FN2O2S/c1-21-9-11-14-12(17)5-2-6-13(14)22-15(11)16(20)19-7-3-4-10(18)8-19/h2,5-6,10H,3-4,7-9,18H2,1H3. The highest BCUT2D eigenvalue weighted by Gasteiger charge is 2.27. The van der Waals surface area contributed by atoms with Crippen LogP contribution in [0.3, 0.4) is 0 Å². The van der Waals surface area contributed by atoms with Gasteiger partial charge in [0.2, 0.25) is 0 Å². The summed E-state index contributed by atoms with van der Waals surface area (Å²) in [4.78, 5) is 15.2. The third-order valence-corrected chi connectivity index (χ3v) is 5.18. The van der Waals surface area contributed by atoms with Gasteiger partial charge in [0.05, 0.1) is 11.5 Å². The van der Waals surface area contributed by atoms with E-state index in [4.69, 9.17) is 10.5 Å². The number of halogens is 1. The van der Waals surface area contributed by atoms with Gasteiger partial charge in [-0.2, -0.15) is 0 Å². The third-order valence-electron chi connectivity index (χ3n) is 3.99. The number of fused-ring (bicyclic) bond motifs is 1. The number of ether oxygens (including phenoxy) is 1. The van der Waals surface area contributed by atoms with Gasteiger partial charge in [0.25, 0.3) is 5.91 Å². The Morgan fingerprint density at radius 1 is 1.55 bits per heavy atom. The van der Waals surface area contributed by atoms with Crippen molar-refractivity contribution in [2.45, 2.75) is 25.5 Å². The highest BCUT2D eigenvalue weighted by molar-refractivity contribution is 7.21. The molecule has 3 rings (SSSR count). The van der Waals surface area contributed by atoms with Crippen molar-refractivity contribution in [1.82, 2.24) is 4.90 Å². The lowest BCUT2D eigenvalue weighted by Gasteiger charge is -2.30. The monoisotopic (exact) mass is 322 g/mol. The van der Waals surface area contributed by atoms with Gasteiger partial charge in [-0.15, -0.1) is 11.3 Å². The Labute approximate surface area is 132 Å². The molecule has 1 saturated heterocycles. The van der Waals surface area contributed by atoms with Crippen molar-refractivity contribution in [2.24, 2.45) is 5.73 Å². The molecule has 1 unspecified atom stereocenters. The number of carbonyl (C=O) groups excluding carboxylic acids is 1. The second-order valence-corrected chi connectivity index (χ2v) is 6.66. The molecule has 2 aromatic rings. The Kier molecular flexibility index (Phi) is 4.42. The van der Waals surface area contributed by atoms with Crippen LogP contribution in [0.5, 0.6) is 0 Å². The minimum absolute atomic E-state index is 0.0229. The molecule has 0 saturated carbocycles. The summed E-state index contributed by atoms with van der Waals surface area (Å²) < 4.78 is 20.1. The Hall–Kier alpha value is -1.50. The zero-order valence-electron chi connectivity index (χ0n) is 12.5. The number of methoxy groups -OCH3 is 1. The summed E-state index contributed by atoms with van der Waals surface area (Å²) in [5, 5.41) is 0.499.